The minimum absolute atomic E-state index is 0. The van der Waals surface area contributed by atoms with Crippen LogP contribution in [0.1, 0.15) is 0 Å². The number of fused-ring (bicyclic) bond motifs is 1. The summed E-state index contributed by atoms with van der Waals surface area (Å²) in [6, 6.07) is 10.1. The summed E-state index contributed by atoms with van der Waals surface area (Å²) in [5.41, 5.74) is 0. The molecule has 0 aliphatic carbocycles. The van der Waals surface area contributed by atoms with Gasteiger partial charge >= 0.3 is 0 Å². The standard InChI is InChI=1S/C11H8FO.Co/c1-13-11-5-3-8-2-4-10(12)6-9(8)7-11;/h2-7H,1H2;/q-1;. The van der Waals surface area contributed by atoms with E-state index < -0.39 is 0 Å². The van der Waals surface area contributed by atoms with Gasteiger partial charge in [-0.1, -0.05) is 12.1 Å². The fraction of sp³-hybridized carbons (Fsp3) is 0. The van der Waals surface area contributed by atoms with Gasteiger partial charge in [0.15, 0.2) is 0 Å². The average Bonchev–Trinajstić information content (AvgIpc) is 2.16. The molecule has 0 saturated carbocycles. The van der Waals surface area contributed by atoms with E-state index in [2.05, 4.69) is 7.11 Å². The van der Waals surface area contributed by atoms with Crippen LogP contribution in [-0.2, 0) is 16.8 Å². The molecule has 75 valence electrons. The molecule has 3 heteroatoms. The molecule has 14 heavy (non-hydrogen) atoms. The normalized spacial score (nSPS) is 9.57. The Morgan fingerprint density at radius 2 is 1.71 bits per heavy atom. The first-order valence-corrected chi connectivity index (χ1v) is 3.91. The molecule has 0 aromatic heterocycles. The van der Waals surface area contributed by atoms with Crippen molar-refractivity contribution in [1.82, 2.24) is 0 Å². The van der Waals surface area contributed by atoms with Gasteiger partial charge in [0, 0.05) is 16.8 Å². The van der Waals surface area contributed by atoms with Crippen molar-refractivity contribution in [1.29, 1.82) is 0 Å². The third-order valence-electron chi connectivity index (χ3n) is 1.94. The van der Waals surface area contributed by atoms with Gasteiger partial charge in [-0.2, -0.15) is 7.11 Å². The van der Waals surface area contributed by atoms with Crippen molar-refractivity contribution in [3.8, 4) is 5.75 Å². The molecule has 1 radical (unpaired) electrons. The number of halogens is 1. The number of hydrogen-bond donors (Lipinski definition) is 0. The van der Waals surface area contributed by atoms with Gasteiger partial charge in [-0.15, -0.1) is 0 Å². The molecule has 2 aromatic carbocycles. The van der Waals surface area contributed by atoms with Crippen molar-refractivity contribution in [2.45, 2.75) is 0 Å². The van der Waals surface area contributed by atoms with E-state index in [0.29, 0.717) is 5.75 Å². The number of hydrogen-bond acceptors (Lipinski definition) is 1. The van der Waals surface area contributed by atoms with Gasteiger partial charge in [-0.3, -0.25) is 0 Å². The van der Waals surface area contributed by atoms with Crippen LogP contribution in [-0.4, -0.2) is 0 Å². The van der Waals surface area contributed by atoms with E-state index in [0.717, 1.165) is 10.8 Å². The third kappa shape index (κ3) is 2.05. The number of ether oxygens (including phenoxy) is 1. The van der Waals surface area contributed by atoms with Crippen molar-refractivity contribution in [2.75, 3.05) is 0 Å². The summed E-state index contributed by atoms with van der Waals surface area (Å²) in [5, 5.41) is 1.81. The maximum absolute atomic E-state index is 12.8. The van der Waals surface area contributed by atoms with E-state index in [1.165, 1.54) is 12.1 Å². The van der Waals surface area contributed by atoms with Crippen molar-refractivity contribution in [3.63, 3.8) is 0 Å². The molecule has 0 saturated heterocycles. The summed E-state index contributed by atoms with van der Waals surface area (Å²) in [5.74, 6) is 0.395. The molecule has 0 heterocycles. The summed E-state index contributed by atoms with van der Waals surface area (Å²) < 4.78 is 17.6. The van der Waals surface area contributed by atoms with E-state index in [1.54, 1.807) is 18.2 Å². The van der Waals surface area contributed by atoms with Gasteiger partial charge < -0.3 is 4.74 Å². The van der Waals surface area contributed by atoms with Crippen LogP contribution in [0, 0.1) is 12.9 Å². The van der Waals surface area contributed by atoms with Gasteiger partial charge in [0.1, 0.15) is 5.82 Å². The number of benzene rings is 2. The molecule has 0 fully saturated rings. The van der Waals surface area contributed by atoms with Gasteiger partial charge in [-0.05, 0) is 35.0 Å². The zero-order chi connectivity index (χ0) is 9.26. The SMILES string of the molecule is [CH2-]Oc1ccc2ccc(F)cc2c1.[Co]. The second kappa shape index (κ2) is 4.44. The van der Waals surface area contributed by atoms with Gasteiger partial charge in [0.05, 0.1) is 5.75 Å². The summed E-state index contributed by atoms with van der Waals surface area (Å²) >= 11 is 0. The van der Waals surface area contributed by atoms with Crippen molar-refractivity contribution >= 4 is 10.8 Å². The molecular weight excluding hydrogens is 226 g/mol. The first-order chi connectivity index (χ1) is 6.29. The average molecular weight is 234 g/mol. The van der Waals surface area contributed by atoms with Crippen LogP contribution in [0.25, 0.3) is 10.8 Å². The van der Waals surface area contributed by atoms with E-state index in [4.69, 9.17) is 4.74 Å². The van der Waals surface area contributed by atoms with Gasteiger partial charge in [-0.25, -0.2) is 4.39 Å². The molecule has 1 nitrogen and oxygen atoms in total. The van der Waals surface area contributed by atoms with E-state index >= 15 is 0 Å². The maximum Gasteiger partial charge on any atom is 0.123 e. The largest absolute Gasteiger partial charge is 0.665 e. The Morgan fingerprint density at radius 1 is 1.00 bits per heavy atom. The molecule has 0 aliphatic heterocycles. The fourth-order valence-electron chi connectivity index (χ4n) is 1.29. The Morgan fingerprint density at radius 3 is 2.43 bits per heavy atom. The topological polar surface area (TPSA) is 9.23 Å². The minimum atomic E-state index is -0.242. The predicted molar refractivity (Wildman–Crippen MR) is 49.9 cm³/mol. The zero-order valence-electron chi connectivity index (χ0n) is 7.29. The van der Waals surface area contributed by atoms with Crippen molar-refractivity contribution in [2.24, 2.45) is 0 Å². The Bertz CT molecular complexity index is 442. The van der Waals surface area contributed by atoms with Crippen LogP contribution in [0.2, 0.25) is 0 Å². The van der Waals surface area contributed by atoms with Crippen LogP contribution in [0.15, 0.2) is 36.4 Å². The molecule has 0 aliphatic rings. The first-order valence-electron chi connectivity index (χ1n) is 3.91. The monoisotopic (exact) mass is 234 g/mol. The van der Waals surface area contributed by atoms with Gasteiger partial charge in [0.25, 0.3) is 0 Å². The molecule has 0 bridgehead atoms. The summed E-state index contributed by atoms with van der Waals surface area (Å²) in [7, 11) is 3.29. The minimum Gasteiger partial charge on any atom is -0.665 e. The first kappa shape index (κ1) is 11.0. The van der Waals surface area contributed by atoms with Crippen LogP contribution in [0.3, 0.4) is 0 Å². The predicted octanol–water partition coefficient (Wildman–Crippen LogP) is 3.15. The molecular formula is C11H8CoFO-. The van der Waals surface area contributed by atoms with E-state index in [-0.39, 0.29) is 22.6 Å². The Kier molecular flexibility index (Phi) is 3.49. The van der Waals surface area contributed by atoms with Crippen LogP contribution < -0.4 is 4.74 Å². The summed E-state index contributed by atoms with van der Waals surface area (Å²) in [4.78, 5) is 0. The van der Waals surface area contributed by atoms with Gasteiger partial charge in [0.2, 0.25) is 0 Å². The molecule has 0 amide bonds. The van der Waals surface area contributed by atoms with Crippen LogP contribution in [0.4, 0.5) is 4.39 Å². The van der Waals surface area contributed by atoms with Crippen LogP contribution >= 0.6 is 0 Å². The summed E-state index contributed by atoms with van der Waals surface area (Å²) in [6.07, 6.45) is 0. The molecule has 0 atom stereocenters. The van der Waals surface area contributed by atoms with E-state index in [9.17, 15) is 4.39 Å². The smallest absolute Gasteiger partial charge is 0.123 e. The molecule has 2 rings (SSSR count). The quantitative estimate of drug-likeness (QED) is 0.688. The Balaban J connectivity index is 0.000000980. The fourth-order valence-corrected chi connectivity index (χ4v) is 1.29. The zero-order valence-corrected chi connectivity index (χ0v) is 8.33. The molecule has 2 aromatic rings. The second-order valence-electron chi connectivity index (χ2n) is 2.80. The Labute approximate surface area is 92.1 Å². The van der Waals surface area contributed by atoms with Crippen molar-refractivity contribution < 1.29 is 25.9 Å². The Hall–Kier alpha value is -1.06. The third-order valence-corrected chi connectivity index (χ3v) is 1.94. The van der Waals surface area contributed by atoms with Crippen LogP contribution in [0.5, 0.6) is 5.75 Å². The second-order valence-corrected chi connectivity index (χ2v) is 2.80. The summed E-state index contributed by atoms with van der Waals surface area (Å²) in [6.45, 7) is 0. The van der Waals surface area contributed by atoms with E-state index in [1.807, 2.05) is 6.07 Å². The molecule has 0 spiro atoms. The van der Waals surface area contributed by atoms with Crippen molar-refractivity contribution in [3.05, 3.63) is 49.3 Å². The molecule has 0 N–H and O–H groups in total. The molecule has 0 unspecified atom stereocenters. The number of rotatable bonds is 1. The maximum atomic E-state index is 12.8.